The molecule has 3 amide bonds. The number of hydrazine groups is 1. The van der Waals surface area contributed by atoms with Crippen LogP contribution >= 0.6 is 0 Å². The van der Waals surface area contributed by atoms with Crippen molar-refractivity contribution in [2.75, 3.05) is 11.1 Å². The Bertz CT molecular complexity index is 1550. The number of hydrogen-bond donors (Lipinski definition) is 4. The van der Waals surface area contributed by atoms with Crippen LogP contribution in [0, 0.1) is 5.82 Å². The molecule has 0 radical (unpaired) electrons. The first kappa shape index (κ1) is 22.8. The molecule has 0 aliphatic carbocycles. The summed E-state index contributed by atoms with van der Waals surface area (Å²) in [6.07, 6.45) is 5.38. The minimum Gasteiger partial charge on any atom is -0.383 e. The van der Waals surface area contributed by atoms with Crippen molar-refractivity contribution in [3.8, 4) is 11.5 Å². The molecule has 4 heterocycles. The number of amides is 3. The number of hydrogen-bond acceptors (Lipinski definition) is 8. The second-order valence-corrected chi connectivity index (χ2v) is 8.40. The van der Waals surface area contributed by atoms with Crippen LogP contribution in [0.15, 0.2) is 42.9 Å². The molecule has 0 saturated carbocycles. The number of aromatic nitrogens is 5. The van der Waals surface area contributed by atoms with Gasteiger partial charge in [-0.05, 0) is 24.6 Å². The summed E-state index contributed by atoms with van der Waals surface area (Å²) in [4.78, 5) is 54.5. The van der Waals surface area contributed by atoms with Gasteiger partial charge in [-0.2, -0.15) is 0 Å². The van der Waals surface area contributed by atoms with Crippen LogP contribution in [0.25, 0.3) is 17.2 Å². The summed E-state index contributed by atoms with van der Waals surface area (Å²) in [5.41, 5.74) is 11.3. The number of nitrogen functional groups attached to an aromatic ring is 1. The average molecular weight is 489 g/mol. The Morgan fingerprint density at radius 1 is 1.17 bits per heavy atom. The molecule has 1 atom stereocenters. The maximum Gasteiger partial charge on any atom is 0.258 e. The van der Waals surface area contributed by atoms with Gasteiger partial charge in [0.05, 0.1) is 11.3 Å². The quantitative estimate of drug-likeness (QED) is 0.242. The van der Waals surface area contributed by atoms with Gasteiger partial charge in [0.15, 0.2) is 16.9 Å². The van der Waals surface area contributed by atoms with E-state index in [0.717, 1.165) is 5.56 Å². The van der Waals surface area contributed by atoms with E-state index in [1.807, 2.05) is 0 Å². The Kier molecular flexibility index (Phi) is 5.31. The zero-order valence-electron chi connectivity index (χ0n) is 19.2. The van der Waals surface area contributed by atoms with Crippen molar-refractivity contribution >= 4 is 35.0 Å². The molecular formula is C23H20FN9O3. The molecule has 0 bridgehead atoms. The van der Waals surface area contributed by atoms with E-state index in [-0.39, 0.29) is 28.8 Å². The van der Waals surface area contributed by atoms with E-state index in [1.54, 1.807) is 35.1 Å². The lowest BCUT2D eigenvalue weighted by Gasteiger charge is -2.21. The van der Waals surface area contributed by atoms with Crippen LogP contribution in [-0.2, 0) is 26.2 Å². The predicted molar refractivity (Wildman–Crippen MR) is 126 cm³/mol. The first-order chi connectivity index (χ1) is 17.2. The van der Waals surface area contributed by atoms with Crippen molar-refractivity contribution < 1.29 is 18.8 Å². The third-order valence-corrected chi connectivity index (χ3v) is 5.89. The first-order valence-corrected chi connectivity index (χ1v) is 10.8. The van der Waals surface area contributed by atoms with Gasteiger partial charge in [0.2, 0.25) is 11.8 Å². The molecule has 13 heteroatoms. The third kappa shape index (κ3) is 3.76. The number of imidazole rings is 1. The highest BCUT2D eigenvalue weighted by Crippen LogP contribution is 2.40. The van der Waals surface area contributed by atoms with Gasteiger partial charge in [-0.25, -0.2) is 24.3 Å². The Morgan fingerprint density at radius 3 is 2.64 bits per heavy atom. The topological polar surface area (TPSA) is 169 Å². The van der Waals surface area contributed by atoms with E-state index in [9.17, 15) is 18.8 Å². The van der Waals surface area contributed by atoms with Crippen molar-refractivity contribution in [1.29, 1.82) is 0 Å². The molecule has 36 heavy (non-hydrogen) atoms. The molecule has 182 valence electrons. The number of anilines is 2. The molecule has 1 aliphatic heterocycles. The summed E-state index contributed by atoms with van der Waals surface area (Å²) < 4.78 is 15.1. The van der Waals surface area contributed by atoms with E-state index >= 15 is 0 Å². The molecule has 1 aliphatic rings. The van der Waals surface area contributed by atoms with Gasteiger partial charge >= 0.3 is 0 Å². The van der Waals surface area contributed by atoms with E-state index in [4.69, 9.17) is 5.73 Å². The van der Waals surface area contributed by atoms with Gasteiger partial charge in [-0.3, -0.25) is 25.2 Å². The highest BCUT2D eigenvalue weighted by atomic mass is 19.1. The van der Waals surface area contributed by atoms with Crippen LogP contribution in [0.3, 0.4) is 0 Å². The maximum atomic E-state index is 13.3. The molecule has 1 aromatic carbocycles. The molecular weight excluding hydrogens is 469 g/mol. The second kappa shape index (κ2) is 8.37. The van der Waals surface area contributed by atoms with E-state index < -0.39 is 23.1 Å². The second-order valence-electron chi connectivity index (χ2n) is 8.40. The average Bonchev–Trinajstić information content (AvgIpc) is 3.42. The lowest BCUT2D eigenvalue weighted by molar-refractivity contribution is -0.136. The van der Waals surface area contributed by atoms with Gasteiger partial charge in [-0.15, -0.1) is 0 Å². The molecule has 0 fully saturated rings. The number of rotatable bonds is 4. The predicted octanol–water partition coefficient (Wildman–Crippen LogP) is 0.875. The molecule has 5 N–H and O–H groups in total. The largest absolute Gasteiger partial charge is 0.383 e. The van der Waals surface area contributed by atoms with E-state index in [1.165, 1.54) is 26.0 Å². The summed E-state index contributed by atoms with van der Waals surface area (Å²) in [5.74, 6) is -2.23. The van der Waals surface area contributed by atoms with Crippen molar-refractivity contribution in [2.45, 2.75) is 25.7 Å². The molecule has 0 spiro atoms. The van der Waals surface area contributed by atoms with Gasteiger partial charge in [0.1, 0.15) is 23.1 Å². The number of nitrogens with zero attached hydrogens (tertiary/aromatic N) is 5. The van der Waals surface area contributed by atoms with Crippen LogP contribution in [0.4, 0.5) is 16.0 Å². The van der Waals surface area contributed by atoms with Gasteiger partial charge in [0, 0.05) is 31.9 Å². The number of fused-ring (bicyclic) bond motifs is 2. The lowest BCUT2D eigenvalue weighted by Crippen LogP contribution is -2.52. The maximum absolute atomic E-state index is 13.3. The summed E-state index contributed by atoms with van der Waals surface area (Å²) >= 11 is 0. The number of benzene rings is 1. The van der Waals surface area contributed by atoms with Crippen molar-refractivity contribution in [3.63, 3.8) is 0 Å². The summed E-state index contributed by atoms with van der Waals surface area (Å²) in [6.45, 7) is 2.57. The van der Waals surface area contributed by atoms with Crippen LogP contribution in [0.5, 0.6) is 0 Å². The number of carbonyl (C=O) groups excluding carboxylic acids is 3. The monoisotopic (exact) mass is 489 g/mol. The summed E-state index contributed by atoms with van der Waals surface area (Å²) in [7, 11) is 0. The Hall–Kier alpha value is -4.94. The first-order valence-electron chi connectivity index (χ1n) is 10.8. The van der Waals surface area contributed by atoms with Crippen LogP contribution in [-0.4, -0.2) is 42.1 Å². The summed E-state index contributed by atoms with van der Waals surface area (Å²) in [5, 5.41) is 2.57. The minimum atomic E-state index is -1.77. The van der Waals surface area contributed by atoms with Crippen molar-refractivity contribution in [3.05, 3.63) is 65.5 Å². The fraction of sp³-hybridized carbons (Fsp3) is 0.174. The Labute approximate surface area is 203 Å². The molecule has 1 unspecified atom stereocenters. The van der Waals surface area contributed by atoms with Gasteiger partial charge in [-0.1, -0.05) is 12.1 Å². The number of halogens is 1. The number of carbonyl (C=O) groups is 3. The standard InChI is InChI=1S/C23H20FN9O3/c1-11(34)31-32-22(36)23(2)16-17(25)28-18(29-19(16)30-21(23)35)15-10-33-8-7-26-20(33)14(27-15)9-12-3-5-13(24)6-4-12/h3-8,10H,9H2,1-2H3,(H,31,34)(H,32,36)(H3,25,28,29,30,35). The lowest BCUT2D eigenvalue weighted by atomic mass is 9.83. The Balaban J connectivity index is 1.56. The highest BCUT2D eigenvalue weighted by molar-refractivity contribution is 6.21. The molecule has 5 rings (SSSR count). The van der Waals surface area contributed by atoms with Gasteiger partial charge < -0.3 is 15.5 Å². The number of nitrogens with two attached hydrogens (primary N) is 1. The normalized spacial score (nSPS) is 16.5. The van der Waals surface area contributed by atoms with Crippen LogP contribution in [0.2, 0.25) is 0 Å². The Morgan fingerprint density at radius 2 is 1.92 bits per heavy atom. The molecule has 0 saturated heterocycles. The molecule has 3 aromatic heterocycles. The fourth-order valence-electron chi connectivity index (χ4n) is 4.03. The van der Waals surface area contributed by atoms with Crippen LogP contribution < -0.4 is 21.9 Å². The van der Waals surface area contributed by atoms with Crippen LogP contribution in [0.1, 0.15) is 30.7 Å². The molecule has 4 aromatic rings. The van der Waals surface area contributed by atoms with E-state index in [2.05, 4.69) is 36.1 Å². The smallest absolute Gasteiger partial charge is 0.258 e. The zero-order chi connectivity index (χ0) is 25.6. The SMILES string of the molecule is CC(=O)NNC(=O)C1(C)C(=O)Nc2nc(-c3cn4ccnc4c(Cc4ccc(F)cc4)n3)nc(N)c21. The number of nitrogens with one attached hydrogen (secondary N) is 3. The third-order valence-electron chi connectivity index (χ3n) is 5.89. The summed E-state index contributed by atoms with van der Waals surface area (Å²) in [6, 6.07) is 6.06. The fourth-order valence-corrected chi connectivity index (χ4v) is 4.03. The van der Waals surface area contributed by atoms with Crippen molar-refractivity contribution in [2.24, 2.45) is 0 Å². The van der Waals surface area contributed by atoms with Crippen molar-refractivity contribution in [1.82, 2.24) is 35.2 Å². The zero-order valence-corrected chi connectivity index (χ0v) is 19.2. The van der Waals surface area contributed by atoms with E-state index in [0.29, 0.717) is 23.5 Å². The molecule has 12 nitrogen and oxygen atoms in total. The highest BCUT2D eigenvalue weighted by Gasteiger charge is 2.52. The minimum absolute atomic E-state index is 0.0654. The van der Waals surface area contributed by atoms with Gasteiger partial charge in [0.25, 0.3) is 5.91 Å².